The zero-order valence-electron chi connectivity index (χ0n) is 15.1. The minimum absolute atomic E-state index is 0.191. The van der Waals surface area contributed by atoms with Crippen LogP contribution in [-0.2, 0) is 15.6 Å². The lowest BCUT2D eigenvalue weighted by molar-refractivity contribution is -0.274. The van der Waals surface area contributed by atoms with Crippen molar-refractivity contribution in [3.63, 3.8) is 0 Å². The molecule has 30 heavy (non-hydrogen) atoms. The van der Waals surface area contributed by atoms with Gasteiger partial charge in [0.2, 0.25) is 0 Å². The van der Waals surface area contributed by atoms with Gasteiger partial charge in [-0.3, -0.25) is 9.78 Å². The van der Waals surface area contributed by atoms with Crippen molar-refractivity contribution in [2.45, 2.75) is 17.0 Å². The van der Waals surface area contributed by atoms with E-state index in [1.54, 1.807) is 6.07 Å². The van der Waals surface area contributed by atoms with E-state index in [1.807, 2.05) is 0 Å². The summed E-state index contributed by atoms with van der Waals surface area (Å²) in [5.41, 5.74) is 0.794. The SMILES string of the molecule is O=C(c1ccncc1)c1cc(Br)ccc1CS(=O)(=O)c1ccc(OC(F)(F)F)cc1. The van der Waals surface area contributed by atoms with E-state index in [2.05, 4.69) is 25.7 Å². The van der Waals surface area contributed by atoms with Gasteiger partial charge in [0.25, 0.3) is 0 Å². The third kappa shape index (κ3) is 5.45. The number of carbonyl (C=O) groups is 1. The first-order valence-corrected chi connectivity index (χ1v) is 10.8. The van der Waals surface area contributed by atoms with Crippen molar-refractivity contribution in [3.05, 3.63) is 88.2 Å². The number of nitrogens with zero attached hydrogens (tertiary/aromatic N) is 1. The Morgan fingerprint density at radius 2 is 1.63 bits per heavy atom. The first-order chi connectivity index (χ1) is 14.0. The van der Waals surface area contributed by atoms with Crippen LogP contribution in [0.4, 0.5) is 13.2 Å². The maximum absolute atomic E-state index is 12.9. The largest absolute Gasteiger partial charge is 0.573 e. The molecule has 156 valence electrons. The van der Waals surface area contributed by atoms with Gasteiger partial charge in [-0.25, -0.2) is 8.42 Å². The summed E-state index contributed by atoms with van der Waals surface area (Å²) in [5, 5.41) is 0. The standard InChI is InChI=1S/C20H13BrF3NO4S/c21-15-2-1-14(18(11-15)19(26)13-7-9-25-10-8-13)12-30(27,28)17-5-3-16(4-6-17)29-20(22,23)24/h1-11H,12H2. The number of halogens is 4. The molecule has 0 N–H and O–H groups in total. The van der Waals surface area contributed by atoms with Crippen molar-refractivity contribution in [2.75, 3.05) is 0 Å². The minimum atomic E-state index is -4.87. The Bertz CT molecular complexity index is 1160. The van der Waals surface area contributed by atoms with Gasteiger partial charge in [0.05, 0.1) is 10.6 Å². The van der Waals surface area contributed by atoms with Gasteiger partial charge in [0, 0.05) is 28.0 Å². The van der Waals surface area contributed by atoms with Crippen LogP contribution in [0.3, 0.4) is 0 Å². The molecule has 0 saturated heterocycles. The molecule has 0 atom stereocenters. The molecule has 0 unspecified atom stereocenters. The number of sulfone groups is 1. The molecular weight excluding hydrogens is 487 g/mol. The lowest BCUT2D eigenvalue weighted by Crippen LogP contribution is -2.17. The van der Waals surface area contributed by atoms with E-state index in [4.69, 9.17) is 0 Å². The minimum Gasteiger partial charge on any atom is -0.406 e. The van der Waals surface area contributed by atoms with Crippen molar-refractivity contribution < 1.29 is 31.1 Å². The Morgan fingerprint density at radius 3 is 2.23 bits per heavy atom. The maximum Gasteiger partial charge on any atom is 0.573 e. The van der Waals surface area contributed by atoms with Gasteiger partial charge in [0.1, 0.15) is 5.75 Å². The maximum atomic E-state index is 12.9. The molecule has 1 heterocycles. The Balaban J connectivity index is 1.91. The second-order valence-electron chi connectivity index (χ2n) is 6.14. The van der Waals surface area contributed by atoms with Crippen LogP contribution in [0.5, 0.6) is 5.75 Å². The quantitative estimate of drug-likeness (QED) is 0.448. The predicted molar refractivity (Wildman–Crippen MR) is 106 cm³/mol. The molecule has 0 bridgehead atoms. The zero-order chi connectivity index (χ0) is 21.9. The topological polar surface area (TPSA) is 73.3 Å². The van der Waals surface area contributed by atoms with E-state index < -0.39 is 27.7 Å². The van der Waals surface area contributed by atoms with Gasteiger partial charge in [0.15, 0.2) is 15.6 Å². The monoisotopic (exact) mass is 499 g/mol. The highest BCUT2D eigenvalue weighted by molar-refractivity contribution is 9.10. The number of ether oxygens (including phenoxy) is 1. The Kier molecular flexibility index (Phi) is 6.27. The molecule has 0 radical (unpaired) electrons. The molecular formula is C20H13BrF3NO4S. The average molecular weight is 500 g/mol. The van der Waals surface area contributed by atoms with Gasteiger partial charge in [-0.15, -0.1) is 13.2 Å². The van der Waals surface area contributed by atoms with Gasteiger partial charge in [-0.2, -0.15) is 0 Å². The molecule has 3 aromatic rings. The van der Waals surface area contributed by atoms with E-state index in [9.17, 15) is 26.4 Å². The van der Waals surface area contributed by atoms with Crippen LogP contribution in [0, 0.1) is 0 Å². The number of aromatic nitrogens is 1. The van der Waals surface area contributed by atoms with E-state index in [-0.39, 0.29) is 21.8 Å². The van der Waals surface area contributed by atoms with Crippen LogP contribution < -0.4 is 4.74 Å². The lowest BCUT2D eigenvalue weighted by atomic mass is 10.00. The Labute approximate surface area is 178 Å². The van der Waals surface area contributed by atoms with Gasteiger partial charge >= 0.3 is 6.36 Å². The number of pyridine rings is 1. The predicted octanol–water partition coefficient (Wildman–Crippen LogP) is 4.95. The number of rotatable bonds is 6. The van der Waals surface area contributed by atoms with Crippen LogP contribution in [0.1, 0.15) is 21.5 Å². The van der Waals surface area contributed by atoms with Crippen LogP contribution in [0.15, 0.2) is 76.4 Å². The molecule has 0 spiro atoms. The number of hydrogen-bond donors (Lipinski definition) is 0. The van der Waals surface area contributed by atoms with Gasteiger partial charge in [-0.05, 0) is 54.1 Å². The molecule has 0 aliphatic rings. The molecule has 0 saturated carbocycles. The highest BCUT2D eigenvalue weighted by Crippen LogP contribution is 2.27. The zero-order valence-corrected chi connectivity index (χ0v) is 17.5. The first kappa shape index (κ1) is 22.0. The van der Waals surface area contributed by atoms with Crippen LogP contribution in [0.25, 0.3) is 0 Å². The molecule has 5 nitrogen and oxygen atoms in total. The summed E-state index contributed by atoms with van der Waals surface area (Å²) in [6, 6.07) is 11.6. The molecule has 0 aliphatic heterocycles. The normalized spacial score (nSPS) is 11.9. The van der Waals surface area contributed by atoms with Crippen molar-refractivity contribution in [1.82, 2.24) is 4.98 Å². The summed E-state index contributed by atoms with van der Waals surface area (Å²) in [6.07, 6.45) is -1.97. The fraction of sp³-hybridized carbons (Fsp3) is 0.100. The second-order valence-corrected chi connectivity index (χ2v) is 9.05. The van der Waals surface area contributed by atoms with Crippen molar-refractivity contribution in [1.29, 1.82) is 0 Å². The molecule has 0 fully saturated rings. The Morgan fingerprint density at radius 1 is 1.00 bits per heavy atom. The second kappa shape index (κ2) is 8.57. The van der Waals surface area contributed by atoms with E-state index in [1.165, 1.54) is 36.7 Å². The summed E-state index contributed by atoms with van der Waals surface area (Å²) in [5.74, 6) is -1.41. The van der Waals surface area contributed by atoms with E-state index in [0.29, 0.717) is 10.0 Å². The highest BCUT2D eigenvalue weighted by atomic mass is 79.9. The third-order valence-corrected chi connectivity index (χ3v) is 6.20. The summed E-state index contributed by atoms with van der Waals surface area (Å²) >= 11 is 3.27. The number of benzene rings is 2. The summed E-state index contributed by atoms with van der Waals surface area (Å²) in [6.45, 7) is 0. The molecule has 10 heteroatoms. The molecule has 0 amide bonds. The van der Waals surface area contributed by atoms with Crippen LogP contribution in [-0.4, -0.2) is 25.5 Å². The summed E-state index contributed by atoms with van der Waals surface area (Å²) in [7, 11) is -3.94. The highest BCUT2D eigenvalue weighted by Gasteiger charge is 2.31. The average Bonchev–Trinajstić information content (AvgIpc) is 2.68. The summed E-state index contributed by atoms with van der Waals surface area (Å²) < 4.78 is 66.8. The summed E-state index contributed by atoms with van der Waals surface area (Å²) in [4.78, 5) is 16.5. The number of hydrogen-bond acceptors (Lipinski definition) is 5. The fourth-order valence-corrected chi connectivity index (χ4v) is 4.42. The molecule has 0 aliphatic carbocycles. The van der Waals surface area contributed by atoms with E-state index >= 15 is 0 Å². The lowest BCUT2D eigenvalue weighted by Gasteiger charge is -2.12. The third-order valence-electron chi connectivity index (χ3n) is 4.02. The smallest absolute Gasteiger partial charge is 0.406 e. The molecule has 2 aromatic carbocycles. The molecule has 1 aromatic heterocycles. The van der Waals surface area contributed by atoms with Gasteiger partial charge in [-0.1, -0.05) is 22.0 Å². The number of carbonyl (C=O) groups excluding carboxylic acids is 1. The van der Waals surface area contributed by atoms with Gasteiger partial charge < -0.3 is 4.74 Å². The molecule has 3 rings (SSSR count). The Hall–Kier alpha value is -2.72. The van der Waals surface area contributed by atoms with Crippen molar-refractivity contribution >= 4 is 31.6 Å². The van der Waals surface area contributed by atoms with Crippen molar-refractivity contribution in [3.8, 4) is 5.75 Å². The first-order valence-electron chi connectivity index (χ1n) is 8.37. The van der Waals surface area contributed by atoms with Crippen LogP contribution in [0.2, 0.25) is 0 Å². The fourth-order valence-electron chi connectivity index (χ4n) is 2.68. The van der Waals surface area contributed by atoms with E-state index in [0.717, 1.165) is 24.3 Å². The van der Waals surface area contributed by atoms with Crippen LogP contribution >= 0.6 is 15.9 Å². The number of ketones is 1. The van der Waals surface area contributed by atoms with Crippen molar-refractivity contribution in [2.24, 2.45) is 0 Å². The number of alkyl halides is 3.